The number of piperidine rings is 1. The van der Waals surface area contributed by atoms with Crippen molar-refractivity contribution in [2.45, 2.75) is 52.2 Å². The number of nitrogens with zero attached hydrogens (tertiary/aromatic N) is 1. The standard InChI is InChI=1S/C20H26N2OS/c1-15-7-5-6-12-22(15)14-18-9-4-3-8-17(18)13-21-20(23)19-11-10-16(2)24-19/h3-4,8-11,15H,5-7,12-14H2,1-2H3,(H,21,23). The lowest BCUT2D eigenvalue weighted by Crippen LogP contribution is -2.37. The van der Waals surface area contributed by atoms with Crippen molar-refractivity contribution in [1.29, 1.82) is 0 Å². The number of thiophene rings is 1. The SMILES string of the molecule is Cc1ccc(C(=O)NCc2ccccc2CN2CCCCC2C)s1. The Morgan fingerprint density at radius 1 is 1.21 bits per heavy atom. The van der Waals surface area contributed by atoms with E-state index in [0.29, 0.717) is 12.6 Å². The maximum atomic E-state index is 12.3. The molecule has 4 heteroatoms. The molecule has 2 heterocycles. The molecule has 1 aliphatic rings. The Hall–Kier alpha value is -1.65. The lowest BCUT2D eigenvalue weighted by Gasteiger charge is -2.33. The molecule has 0 spiro atoms. The summed E-state index contributed by atoms with van der Waals surface area (Å²) >= 11 is 1.54. The molecule has 0 saturated carbocycles. The average molecular weight is 343 g/mol. The molecule has 24 heavy (non-hydrogen) atoms. The number of hydrogen-bond acceptors (Lipinski definition) is 3. The number of hydrogen-bond donors (Lipinski definition) is 1. The maximum absolute atomic E-state index is 12.3. The van der Waals surface area contributed by atoms with Gasteiger partial charge in [0, 0.05) is 24.0 Å². The summed E-state index contributed by atoms with van der Waals surface area (Å²) in [6.45, 7) is 7.09. The molecule has 0 aliphatic carbocycles. The predicted molar refractivity (Wildman–Crippen MR) is 100 cm³/mol. The van der Waals surface area contributed by atoms with Crippen LogP contribution < -0.4 is 5.32 Å². The number of nitrogens with one attached hydrogen (secondary N) is 1. The molecule has 1 aromatic carbocycles. The van der Waals surface area contributed by atoms with Gasteiger partial charge in [0.2, 0.25) is 0 Å². The first-order valence-corrected chi connectivity index (χ1v) is 9.60. The molecule has 1 N–H and O–H groups in total. The molecule has 0 bridgehead atoms. The second-order valence-electron chi connectivity index (χ2n) is 6.68. The van der Waals surface area contributed by atoms with Crippen molar-refractivity contribution in [2.75, 3.05) is 6.54 Å². The number of carbonyl (C=O) groups excluding carboxylic acids is 1. The summed E-state index contributed by atoms with van der Waals surface area (Å²) in [6.07, 6.45) is 3.92. The van der Waals surface area contributed by atoms with Gasteiger partial charge >= 0.3 is 0 Å². The van der Waals surface area contributed by atoms with Gasteiger partial charge in [-0.25, -0.2) is 0 Å². The fraction of sp³-hybridized carbons (Fsp3) is 0.450. The smallest absolute Gasteiger partial charge is 0.261 e. The third kappa shape index (κ3) is 4.25. The minimum atomic E-state index is 0.0224. The van der Waals surface area contributed by atoms with E-state index in [4.69, 9.17) is 0 Å². The average Bonchev–Trinajstić information content (AvgIpc) is 3.02. The van der Waals surface area contributed by atoms with Crippen LogP contribution in [0.15, 0.2) is 36.4 Å². The summed E-state index contributed by atoms with van der Waals surface area (Å²) in [6, 6.07) is 13.0. The van der Waals surface area contributed by atoms with E-state index in [0.717, 1.165) is 11.4 Å². The molecule has 128 valence electrons. The zero-order valence-electron chi connectivity index (χ0n) is 14.5. The molecule has 2 aromatic rings. The number of carbonyl (C=O) groups is 1. The van der Waals surface area contributed by atoms with Crippen LogP contribution in [0.3, 0.4) is 0 Å². The number of likely N-dealkylation sites (tertiary alicyclic amines) is 1. The van der Waals surface area contributed by atoms with E-state index in [1.165, 1.54) is 41.8 Å². The van der Waals surface area contributed by atoms with Crippen molar-refractivity contribution in [3.8, 4) is 0 Å². The van der Waals surface area contributed by atoms with Crippen molar-refractivity contribution in [1.82, 2.24) is 10.2 Å². The van der Waals surface area contributed by atoms with Crippen LogP contribution >= 0.6 is 11.3 Å². The van der Waals surface area contributed by atoms with Crippen LogP contribution in [0.4, 0.5) is 0 Å². The molecule has 1 saturated heterocycles. The summed E-state index contributed by atoms with van der Waals surface area (Å²) in [5, 5.41) is 3.07. The van der Waals surface area contributed by atoms with Crippen LogP contribution in [0.2, 0.25) is 0 Å². The van der Waals surface area contributed by atoms with Crippen LogP contribution in [-0.2, 0) is 13.1 Å². The quantitative estimate of drug-likeness (QED) is 0.875. The third-order valence-electron chi connectivity index (χ3n) is 4.84. The number of aryl methyl sites for hydroxylation is 1. The lowest BCUT2D eigenvalue weighted by molar-refractivity contribution is 0.0954. The molecule has 3 rings (SSSR count). The van der Waals surface area contributed by atoms with Crippen molar-refractivity contribution >= 4 is 17.2 Å². The van der Waals surface area contributed by atoms with Crippen LogP contribution in [0, 0.1) is 6.92 Å². The van der Waals surface area contributed by atoms with Gasteiger partial charge < -0.3 is 5.32 Å². The van der Waals surface area contributed by atoms with Gasteiger partial charge in [0.15, 0.2) is 0 Å². The van der Waals surface area contributed by atoms with Crippen molar-refractivity contribution in [3.63, 3.8) is 0 Å². The molecular weight excluding hydrogens is 316 g/mol. The van der Waals surface area contributed by atoms with Crippen LogP contribution in [-0.4, -0.2) is 23.4 Å². The van der Waals surface area contributed by atoms with E-state index in [9.17, 15) is 4.79 Å². The first-order chi connectivity index (χ1) is 11.6. The Bertz CT molecular complexity index is 694. The van der Waals surface area contributed by atoms with Gasteiger partial charge in [0.1, 0.15) is 0 Å². The Labute approximate surface area is 148 Å². The summed E-state index contributed by atoms with van der Waals surface area (Å²) in [5.74, 6) is 0.0224. The Morgan fingerprint density at radius 3 is 2.71 bits per heavy atom. The maximum Gasteiger partial charge on any atom is 0.261 e. The molecule has 3 nitrogen and oxygen atoms in total. The molecule has 1 aliphatic heterocycles. The number of amides is 1. The Balaban J connectivity index is 1.64. The molecule has 1 amide bonds. The highest BCUT2D eigenvalue weighted by Gasteiger charge is 2.19. The van der Waals surface area contributed by atoms with E-state index in [-0.39, 0.29) is 5.91 Å². The van der Waals surface area contributed by atoms with Gasteiger partial charge in [0.25, 0.3) is 5.91 Å². The molecular formula is C20H26N2OS. The normalized spacial score (nSPS) is 18.5. The van der Waals surface area contributed by atoms with Gasteiger partial charge in [-0.3, -0.25) is 9.69 Å². The first-order valence-electron chi connectivity index (χ1n) is 8.79. The number of benzene rings is 1. The van der Waals surface area contributed by atoms with Gasteiger partial charge in [-0.05, 0) is 56.5 Å². The minimum absolute atomic E-state index is 0.0224. The van der Waals surface area contributed by atoms with E-state index in [1.807, 2.05) is 19.1 Å². The molecule has 1 aromatic heterocycles. The highest BCUT2D eigenvalue weighted by molar-refractivity contribution is 7.13. The van der Waals surface area contributed by atoms with Gasteiger partial charge in [0.05, 0.1) is 4.88 Å². The topological polar surface area (TPSA) is 32.3 Å². The second kappa shape index (κ2) is 7.95. The summed E-state index contributed by atoms with van der Waals surface area (Å²) < 4.78 is 0. The van der Waals surface area contributed by atoms with E-state index >= 15 is 0 Å². The Morgan fingerprint density at radius 2 is 2.00 bits per heavy atom. The summed E-state index contributed by atoms with van der Waals surface area (Å²) in [5.41, 5.74) is 2.55. The monoisotopic (exact) mass is 342 g/mol. The fourth-order valence-corrected chi connectivity index (χ4v) is 4.10. The van der Waals surface area contributed by atoms with Crippen LogP contribution in [0.1, 0.15) is 51.9 Å². The van der Waals surface area contributed by atoms with E-state index < -0.39 is 0 Å². The molecule has 1 atom stereocenters. The van der Waals surface area contributed by atoms with Gasteiger partial charge in [-0.2, -0.15) is 0 Å². The highest BCUT2D eigenvalue weighted by atomic mass is 32.1. The van der Waals surface area contributed by atoms with Crippen molar-refractivity contribution in [2.24, 2.45) is 0 Å². The summed E-state index contributed by atoms with van der Waals surface area (Å²) in [4.78, 5) is 16.8. The van der Waals surface area contributed by atoms with Gasteiger partial charge in [-0.15, -0.1) is 11.3 Å². The van der Waals surface area contributed by atoms with E-state index in [2.05, 4.69) is 41.4 Å². The molecule has 1 unspecified atom stereocenters. The minimum Gasteiger partial charge on any atom is -0.347 e. The lowest BCUT2D eigenvalue weighted by atomic mass is 10.0. The van der Waals surface area contributed by atoms with E-state index in [1.54, 1.807) is 11.3 Å². The molecule has 0 radical (unpaired) electrons. The van der Waals surface area contributed by atoms with Crippen molar-refractivity contribution in [3.05, 3.63) is 57.3 Å². The first kappa shape index (κ1) is 17.2. The zero-order valence-corrected chi connectivity index (χ0v) is 15.4. The number of rotatable bonds is 5. The fourth-order valence-electron chi connectivity index (χ4n) is 3.31. The zero-order chi connectivity index (χ0) is 16.9. The highest BCUT2D eigenvalue weighted by Crippen LogP contribution is 2.21. The second-order valence-corrected chi connectivity index (χ2v) is 7.96. The van der Waals surface area contributed by atoms with Crippen LogP contribution in [0.5, 0.6) is 0 Å². The predicted octanol–water partition coefficient (Wildman–Crippen LogP) is 4.36. The van der Waals surface area contributed by atoms with Crippen molar-refractivity contribution < 1.29 is 4.79 Å². The van der Waals surface area contributed by atoms with Crippen LogP contribution in [0.25, 0.3) is 0 Å². The summed E-state index contributed by atoms with van der Waals surface area (Å²) in [7, 11) is 0. The molecule has 1 fully saturated rings. The Kier molecular flexibility index (Phi) is 5.69. The third-order valence-corrected chi connectivity index (χ3v) is 5.84. The largest absolute Gasteiger partial charge is 0.347 e. The van der Waals surface area contributed by atoms with Gasteiger partial charge in [-0.1, -0.05) is 30.7 Å².